The summed E-state index contributed by atoms with van der Waals surface area (Å²) in [6.07, 6.45) is 1.19. The molecule has 0 fully saturated rings. The van der Waals surface area contributed by atoms with Gasteiger partial charge in [0.05, 0.1) is 23.0 Å². The first-order chi connectivity index (χ1) is 16.8. The Morgan fingerprint density at radius 1 is 0.971 bits per heavy atom. The van der Waals surface area contributed by atoms with Crippen LogP contribution in [0.4, 0.5) is 0 Å². The van der Waals surface area contributed by atoms with Crippen LogP contribution in [-0.4, -0.2) is 32.3 Å². The molecule has 0 aliphatic rings. The van der Waals surface area contributed by atoms with Gasteiger partial charge < -0.3 is 15.0 Å². The van der Waals surface area contributed by atoms with E-state index in [2.05, 4.69) is 16.7 Å². The predicted molar refractivity (Wildman–Crippen MR) is 137 cm³/mol. The third-order valence-electron chi connectivity index (χ3n) is 6.18. The Morgan fingerprint density at radius 2 is 1.69 bits per heavy atom. The lowest BCUT2D eigenvalue weighted by atomic mass is 10.0. The molecule has 0 saturated carbocycles. The highest BCUT2D eigenvalue weighted by atomic mass is 32.2. The Morgan fingerprint density at radius 3 is 2.31 bits per heavy atom. The lowest BCUT2D eigenvalue weighted by Gasteiger charge is -2.10. The average Bonchev–Trinajstić information content (AvgIpc) is 3.16. The molecule has 175 valence electrons. The normalized spacial score (nSPS) is 11.7. The summed E-state index contributed by atoms with van der Waals surface area (Å²) >= 11 is 0. The maximum atomic E-state index is 12.2. The van der Waals surface area contributed by atoms with Gasteiger partial charge in [0.25, 0.3) is 0 Å². The number of rotatable bonds is 6. The van der Waals surface area contributed by atoms with E-state index in [1.165, 1.54) is 6.26 Å². The van der Waals surface area contributed by atoms with Crippen molar-refractivity contribution in [1.82, 2.24) is 4.57 Å². The fraction of sp³-hybridized carbons (Fsp3) is 0.107. The number of nitrogens with zero attached hydrogens (tertiary/aromatic N) is 1. The van der Waals surface area contributed by atoms with Crippen molar-refractivity contribution in [3.63, 3.8) is 0 Å². The van der Waals surface area contributed by atoms with Gasteiger partial charge in [0, 0.05) is 29.1 Å². The lowest BCUT2D eigenvalue weighted by molar-refractivity contribution is 0.100. The first-order valence-corrected chi connectivity index (χ1v) is 12.9. The summed E-state index contributed by atoms with van der Waals surface area (Å²) in [5.41, 5.74) is 10.8. The second kappa shape index (κ2) is 8.60. The predicted octanol–water partition coefficient (Wildman–Crippen LogP) is 4.82. The highest BCUT2D eigenvalue weighted by molar-refractivity contribution is 7.90. The minimum Gasteiger partial charge on any atom is -0.497 e. The summed E-state index contributed by atoms with van der Waals surface area (Å²) in [5.74, 6) is 0.274. The fourth-order valence-electron chi connectivity index (χ4n) is 4.41. The number of sulfone groups is 1. The molecule has 0 bridgehead atoms. The van der Waals surface area contributed by atoms with Crippen LogP contribution < -0.4 is 10.5 Å². The van der Waals surface area contributed by atoms with Crippen LogP contribution in [-0.2, 0) is 16.4 Å². The van der Waals surface area contributed by atoms with Gasteiger partial charge in [-0.15, -0.1) is 0 Å². The summed E-state index contributed by atoms with van der Waals surface area (Å²) in [7, 11) is -1.65. The largest absolute Gasteiger partial charge is 0.497 e. The molecule has 0 unspecified atom stereocenters. The number of benzene rings is 4. The van der Waals surface area contributed by atoms with Crippen molar-refractivity contribution in [2.24, 2.45) is 5.73 Å². The molecule has 5 rings (SSSR count). The number of aromatic nitrogens is 1. The quantitative estimate of drug-likeness (QED) is 0.375. The first-order valence-electron chi connectivity index (χ1n) is 11.0. The van der Waals surface area contributed by atoms with E-state index in [1.807, 2.05) is 54.6 Å². The van der Waals surface area contributed by atoms with E-state index >= 15 is 0 Å². The van der Waals surface area contributed by atoms with Gasteiger partial charge in [-0.3, -0.25) is 4.79 Å². The van der Waals surface area contributed by atoms with Crippen molar-refractivity contribution in [2.45, 2.75) is 11.4 Å². The van der Waals surface area contributed by atoms with Crippen LogP contribution in [0.1, 0.15) is 15.9 Å². The van der Waals surface area contributed by atoms with E-state index in [1.54, 1.807) is 25.3 Å². The van der Waals surface area contributed by atoms with Gasteiger partial charge in [0.2, 0.25) is 5.91 Å². The van der Waals surface area contributed by atoms with Crippen molar-refractivity contribution < 1.29 is 17.9 Å². The van der Waals surface area contributed by atoms with Crippen LogP contribution >= 0.6 is 0 Å². The summed E-state index contributed by atoms with van der Waals surface area (Å²) in [6, 6.07) is 27.5. The number of primary amides is 1. The molecule has 1 aromatic heterocycles. The van der Waals surface area contributed by atoms with Crippen molar-refractivity contribution in [3.05, 3.63) is 96.1 Å². The van der Waals surface area contributed by atoms with Crippen LogP contribution in [0.3, 0.4) is 0 Å². The van der Waals surface area contributed by atoms with Crippen LogP contribution in [0.5, 0.6) is 5.75 Å². The highest BCUT2D eigenvalue weighted by Crippen LogP contribution is 2.35. The van der Waals surface area contributed by atoms with Gasteiger partial charge in [-0.05, 0) is 71.3 Å². The minimum atomic E-state index is -3.28. The molecule has 0 atom stereocenters. The number of nitrogens with two attached hydrogens (primary N) is 1. The summed E-state index contributed by atoms with van der Waals surface area (Å²) < 4.78 is 31.1. The number of fused-ring (bicyclic) bond motifs is 3. The Bertz CT molecular complexity index is 1680. The van der Waals surface area contributed by atoms with Crippen molar-refractivity contribution >= 4 is 37.6 Å². The van der Waals surface area contributed by atoms with E-state index in [0.717, 1.165) is 44.2 Å². The maximum Gasteiger partial charge on any atom is 0.249 e. The number of methoxy groups -OCH3 is 1. The van der Waals surface area contributed by atoms with Crippen molar-refractivity contribution in [2.75, 3.05) is 13.4 Å². The van der Waals surface area contributed by atoms with E-state index in [9.17, 15) is 13.2 Å². The Labute approximate surface area is 203 Å². The van der Waals surface area contributed by atoms with Gasteiger partial charge >= 0.3 is 0 Å². The standard InChI is InChI=1S/C28H23N2O4S/c1-34-21-11-8-19(9-12-21)20-10-15-23-26(16-20)30(25-5-3-4-24(27(23)25)28(29)31)17-18-6-13-22(14-7-18)35(2,32)33/h3-14,16H,17H2,1-2H3,(H2,29,31). The number of hydrogen-bond acceptors (Lipinski definition) is 4. The molecule has 0 aliphatic carbocycles. The molecule has 7 heteroatoms. The monoisotopic (exact) mass is 483 g/mol. The zero-order valence-corrected chi connectivity index (χ0v) is 20.1. The zero-order chi connectivity index (χ0) is 24.7. The summed E-state index contributed by atoms with van der Waals surface area (Å²) in [6.45, 7) is 0.478. The molecule has 6 nitrogen and oxygen atoms in total. The molecule has 0 aliphatic heterocycles. The Balaban J connectivity index is 1.71. The second-order valence-electron chi connectivity index (χ2n) is 8.44. The van der Waals surface area contributed by atoms with Gasteiger partial charge in [0.15, 0.2) is 9.84 Å². The first kappa shape index (κ1) is 22.7. The van der Waals surface area contributed by atoms with Crippen molar-refractivity contribution in [3.8, 4) is 16.9 Å². The summed E-state index contributed by atoms with van der Waals surface area (Å²) in [4.78, 5) is 12.5. The SMILES string of the molecule is COc1ccc(-c2c[c]c3c4c(C(N)=O)cccc4n(Cc4ccc(S(C)(=O)=O)cc4)c3c2)cc1. The molecule has 1 heterocycles. The van der Waals surface area contributed by atoms with Gasteiger partial charge in [-0.1, -0.05) is 30.3 Å². The molecule has 1 radical (unpaired) electrons. The third kappa shape index (κ3) is 4.15. The van der Waals surface area contributed by atoms with E-state index in [4.69, 9.17) is 10.5 Å². The molecule has 4 aromatic carbocycles. The van der Waals surface area contributed by atoms with Crippen LogP contribution in [0.25, 0.3) is 32.9 Å². The number of hydrogen-bond donors (Lipinski definition) is 1. The molecular weight excluding hydrogens is 460 g/mol. The van der Waals surface area contributed by atoms with E-state index < -0.39 is 15.7 Å². The molecule has 0 saturated heterocycles. The lowest BCUT2D eigenvalue weighted by Crippen LogP contribution is -2.11. The average molecular weight is 484 g/mol. The van der Waals surface area contributed by atoms with Crippen LogP contribution in [0, 0.1) is 6.07 Å². The number of amides is 1. The van der Waals surface area contributed by atoms with E-state index in [-0.39, 0.29) is 4.90 Å². The number of carbonyl (C=O) groups excluding carboxylic acids is 1. The van der Waals surface area contributed by atoms with Gasteiger partial charge in [-0.25, -0.2) is 8.42 Å². The zero-order valence-electron chi connectivity index (χ0n) is 19.3. The summed E-state index contributed by atoms with van der Waals surface area (Å²) in [5, 5.41) is 1.56. The smallest absolute Gasteiger partial charge is 0.249 e. The fourth-order valence-corrected chi connectivity index (χ4v) is 5.04. The molecule has 35 heavy (non-hydrogen) atoms. The third-order valence-corrected chi connectivity index (χ3v) is 7.30. The number of carbonyl (C=O) groups is 1. The highest BCUT2D eigenvalue weighted by Gasteiger charge is 2.18. The van der Waals surface area contributed by atoms with Gasteiger partial charge in [-0.2, -0.15) is 0 Å². The minimum absolute atomic E-state index is 0.273. The molecule has 0 spiro atoms. The maximum absolute atomic E-state index is 12.2. The van der Waals surface area contributed by atoms with Crippen LogP contribution in [0.2, 0.25) is 0 Å². The molecule has 1 amide bonds. The topological polar surface area (TPSA) is 91.4 Å². The van der Waals surface area contributed by atoms with Crippen LogP contribution in [0.15, 0.2) is 83.8 Å². The van der Waals surface area contributed by atoms with E-state index in [0.29, 0.717) is 12.1 Å². The second-order valence-corrected chi connectivity index (χ2v) is 10.5. The molecule has 5 aromatic rings. The Hall–Kier alpha value is -4.10. The molecular formula is C28H23N2O4S. The Kier molecular flexibility index (Phi) is 5.57. The number of ether oxygens (including phenoxy) is 1. The molecule has 2 N–H and O–H groups in total. The van der Waals surface area contributed by atoms with Crippen molar-refractivity contribution in [1.29, 1.82) is 0 Å². The van der Waals surface area contributed by atoms with Gasteiger partial charge in [0.1, 0.15) is 5.75 Å².